The van der Waals surface area contributed by atoms with Crippen molar-refractivity contribution in [2.45, 2.75) is 89.9 Å². The van der Waals surface area contributed by atoms with Gasteiger partial charge >= 0.3 is 5.97 Å². The molecule has 0 atom stereocenters. The van der Waals surface area contributed by atoms with Crippen LogP contribution in [0.25, 0.3) is 5.57 Å². The quantitative estimate of drug-likeness (QED) is 0.0498. The maximum atomic E-state index is 14.0. The summed E-state index contributed by atoms with van der Waals surface area (Å²) in [6.07, 6.45) is 14.2. The third-order valence-corrected chi connectivity index (χ3v) is 13.9. The van der Waals surface area contributed by atoms with Crippen LogP contribution in [0.15, 0.2) is 18.2 Å². The van der Waals surface area contributed by atoms with Crippen LogP contribution >= 0.6 is 34.8 Å². The summed E-state index contributed by atoms with van der Waals surface area (Å²) in [7, 11) is 0. The summed E-state index contributed by atoms with van der Waals surface area (Å²) in [6, 6.07) is 5.79. The molecule has 0 aromatic heterocycles. The highest BCUT2D eigenvalue weighted by Gasteiger charge is 2.38. The molecular weight excluding hydrogens is 865 g/mol. The second-order valence-corrected chi connectivity index (χ2v) is 18.3. The van der Waals surface area contributed by atoms with Crippen LogP contribution in [-0.2, 0) is 44.6 Å². The van der Waals surface area contributed by atoms with E-state index in [1.165, 1.54) is 39.4 Å². The predicted molar refractivity (Wildman–Crippen MR) is 248 cm³/mol. The Bertz CT molecular complexity index is 2300. The lowest BCUT2D eigenvalue weighted by Crippen LogP contribution is -2.41. The Morgan fingerprint density at radius 3 is 2.19 bits per heavy atom. The molecule has 0 fully saturated rings. The third-order valence-electron chi connectivity index (χ3n) is 12.9. The van der Waals surface area contributed by atoms with Crippen LogP contribution in [0.1, 0.15) is 118 Å². The fraction of sp³-hybridized carbons (Fsp3) is 0.571. The van der Waals surface area contributed by atoms with Gasteiger partial charge in [-0.25, -0.2) is 9.37 Å². The predicted octanol–water partition coefficient (Wildman–Crippen LogP) is 7.50. The largest absolute Gasteiger partial charge is 0.478 e. The van der Waals surface area contributed by atoms with Gasteiger partial charge in [0.25, 0.3) is 5.91 Å². The number of aryl methyl sites for hydroxylation is 2. The number of carboxylic acid groups (broad SMARTS) is 1. The number of carbonyl (C=O) groups excluding carboxylic acids is 1. The molecule has 0 aliphatic carbocycles. The van der Waals surface area contributed by atoms with Gasteiger partial charge in [-0.15, -0.1) is 11.6 Å². The van der Waals surface area contributed by atoms with Crippen molar-refractivity contribution in [1.82, 2.24) is 9.89 Å². The van der Waals surface area contributed by atoms with Gasteiger partial charge in [0.1, 0.15) is 24.6 Å². The minimum atomic E-state index is -1.22. The first-order valence-corrected chi connectivity index (χ1v) is 24.5. The average Bonchev–Trinajstić information content (AvgIpc) is 3.63. The van der Waals surface area contributed by atoms with Gasteiger partial charge in [-0.3, -0.25) is 4.79 Å². The van der Waals surface area contributed by atoms with E-state index in [2.05, 4.69) is 26.9 Å². The van der Waals surface area contributed by atoms with Crippen molar-refractivity contribution in [3.8, 4) is 11.5 Å². The second kappa shape index (κ2) is 22.2. The summed E-state index contributed by atoms with van der Waals surface area (Å²) in [5.74, 6) is 0.560. The van der Waals surface area contributed by atoms with Gasteiger partial charge in [-0.2, -0.15) is 0 Å². The van der Waals surface area contributed by atoms with Gasteiger partial charge in [-0.05, 0) is 88.0 Å². The van der Waals surface area contributed by atoms with E-state index in [1.54, 1.807) is 0 Å². The molecule has 3 aromatic carbocycles. The SMILES string of the molecule is O=C(NCCOCCOCCOCCOCCCCCCCl)c1cc(Cl)c(C(=O)O)c(C2=c3cc4c5c(c3Oc3c2cc2c6c3CCCN6CCCC2)CCC[N+]=5CCCC4)c1Cl. The van der Waals surface area contributed by atoms with Crippen LogP contribution in [0.5, 0.6) is 11.5 Å². The van der Waals surface area contributed by atoms with E-state index < -0.39 is 11.9 Å². The van der Waals surface area contributed by atoms with Crippen molar-refractivity contribution in [2.24, 2.45) is 0 Å². The van der Waals surface area contributed by atoms with Crippen molar-refractivity contribution in [2.75, 3.05) is 96.4 Å². The van der Waals surface area contributed by atoms with Crippen LogP contribution < -0.4 is 30.1 Å². The molecule has 8 rings (SSSR count). The summed E-state index contributed by atoms with van der Waals surface area (Å²) in [4.78, 5) is 29.9. The number of carboxylic acids is 1. The summed E-state index contributed by atoms with van der Waals surface area (Å²) in [5.41, 5.74) is 7.76. The topological polar surface area (TPSA) is 119 Å². The Morgan fingerprint density at radius 1 is 0.730 bits per heavy atom. The first-order chi connectivity index (χ1) is 30.9. The number of alkyl halides is 1. The fourth-order valence-electron chi connectivity index (χ4n) is 10.1. The maximum Gasteiger partial charge on any atom is 0.337 e. The van der Waals surface area contributed by atoms with Crippen LogP contribution in [-0.4, -0.2) is 108 Å². The number of nitrogens with one attached hydrogen (secondary N) is 1. The molecule has 0 bridgehead atoms. The lowest BCUT2D eigenvalue weighted by molar-refractivity contribution is -0.00174. The van der Waals surface area contributed by atoms with E-state index >= 15 is 0 Å². The maximum absolute atomic E-state index is 14.0. The van der Waals surface area contributed by atoms with Gasteiger partial charge in [0.15, 0.2) is 0 Å². The Hall–Kier alpha value is -3.42. The molecule has 14 heteroatoms. The van der Waals surface area contributed by atoms with Crippen LogP contribution in [0.2, 0.25) is 10.0 Å². The number of hydrogen-bond donors (Lipinski definition) is 2. The minimum absolute atomic E-state index is 0.0414. The molecule has 2 N–H and O–H groups in total. The van der Waals surface area contributed by atoms with E-state index in [0.29, 0.717) is 51.1 Å². The minimum Gasteiger partial charge on any atom is -0.478 e. The van der Waals surface area contributed by atoms with Crippen molar-refractivity contribution in [3.05, 3.63) is 83.3 Å². The zero-order chi connectivity index (χ0) is 43.7. The highest BCUT2D eigenvalue weighted by atomic mass is 35.5. The molecule has 0 unspecified atom stereocenters. The molecule has 5 heterocycles. The number of amides is 1. The molecule has 11 nitrogen and oxygen atoms in total. The first-order valence-electron chi connectivity index (χ1n) is 23.2. The van der Waals surface area contributed by atoms with Gasteiger partial charge in [0.05, 0.1) is 73.0 Å². The van der Waals surface area contributed by atoms with E-state index in [0.717, 1.165) is 145 Å². The zero-order valence-electron chi connectivity index (χ0n) is 36.4. The number of rotatable bonds is 21. The number of benzene rings is 3. The molecule has 0 saturated carbocycles. The van der Waals surface area contributed by atoms with E-state index in [4.69, 9.17) is 58.5 Å². The first kappa shape index (κ1) is 46.1. The van der Waals surface area contributed by atoms with Crippen LogP contribution in [0.3, 0.4) is 0 Å². The van der Waals surface area contributed by atoms with Crippen molar-refractivity contribution in [1.29, 1.82) is 0 Å². The highest BCUT2D eigenvalue weighted by molar-refractivity contribution is 6.40. The summed E-state index contributed by atoms with van der Waals surface area (Å²) in [6.45, 7) is 7.91. The van der Waals surface area contributed by atoms with Crippen LogP contribution in [0.4, 0.5) is 5.69 Å². The van der Waals surface area contributed by atoms with Crippen molar-refractivity contribution in [3.63, 3.8) is 0 Å². The van der Waals surface area contributed by atoms with Gasteiger partial charge in [-0.1, -0.05) is 36.0 Å². The Labute approximate surface area is 385 Å². The van der Waals surface area contributed by atoms with Gasteiger partial charge in [0, 0.05) is 83.7 Å². The van der Waals surface area contributed by atoms with Crippen molar-refractivity contribution >= 4 is 57.9 Å². The fourth-order valence-corrected chi connectivity index (χ4v) is 10.9. The third kappa shape index (κ3) is 10.4. The second-order valence-electron chi connectivity index (χ2n) is 17.1. The number of anilines is 1. The smallest absolute Gasteiger partial charge is 0.337 e. The molecule has 5 aliphatic rings. The molecule has 1 amide bonds. The summed E-state index contributed by atoms with van der Waals surface area (Å²) >= 11 is 20.1. The normalized spacial score (nSPS) is 16.3. The van der Waals surface area contributed by atoms with Crippen LogP contribution in [0, 0.1) is 0 Å². The molecule has 5 aliphatic heterocycles. The Kier molecular flexibility index (Phi) is 16.2. The highest BCUT2D eigenvalue weighted by Crippen LogP contribution is 2.50. The number of ether oxygens (including phenoxy) is 5. The number of nitrogens with zero attached hydrogens (tertiary/aromatic N) is 2. The molecule has 340 valence electrons. The number of halogens is 3. The summed E-state index contributed by atoms with van der Waals surface area (Å²) in [5, 5.41) is 15.9. The van der Waals surface area contributed by atoms with E-state index in [9.17, 15) is 14.7 Å². The standard InChI is InChI=1S/C49H60Cl3N3O8/c50-15-5-1-2-8-21-59-23-25-61-27-28-62-26-24-60-22-16-53-48(56)38-31-39(51)41(49(57)58)42(43(38)52)40-36-29-32-11-3-6-17-54-19-9-13-34(44(32)54)46(36)63-47-35-14-10-20-55-18-7-4-12-33(45(35)55)30-37(40)47/h29-31H,1-28H2,(H-,53,56,57,58)/p+1. The monoisotopic (exact) mass is 924 g/mol. The Balaban J connectivity index is 1.02. The number of carbonyl (C=O) groups is 2. The molecule has 63 heavy (non-hydrogen) atoms. The lowest BCUT2D eigenvalue weighted by Gasteiger charge is -2.36. The zero-order valence-corrected chi connectivity index (χ0v) is 38.6. The van der Waals surface area contributed by atoms with E-state index in [1.807, 2.05) is 0 Å². The number of unbranched alkanes of at least 4 members (excludes halogenated alkanes) is 3. The van der Waals surface area contributed by atoms with E-state index in [-0.39, 0.29) is 39.9 Å². The molecule has 0 radical (unpaired) electrons. The van der Waals surface area contributed by atoms with Gasteiger partial charge < -0.3 is 39.0 Å². The number of aromatic carboxylic acids is 1. The average molecular weight is 926 g/mol. The number of fused-ring (bicyclic) bond motifs is 4. The molecule has 0 spiro atoms. The number of hydrogen-bond acceptors (Lipinski definition) is 8. The van der Waals surface area contributed by atoms with Crippen molar-refractivity contribution < 1.29 is 38.4 Å². The molecule has 0 saturated heterocycles. The molecular formula is C49H61Cl3N3O8+. The lowest BCUT2D eigenvalue weighted by atomic mass is 9.82. The Morgan fingerprint density at radius 2 is 1.41 bits per heavy atom. The van der Waals surface area contributed by atoms with Gasteiger partial charge in [0.2, 0.25) is 5.36 Å². The molecule has 3 aromatic rings. The summed E-state index contributed by atoms with van der Waals surface area (Å²) < 4.78 is 32.3.